The summed E-state index contributed by atoms with van der Waals surface area (Å²) in [4.78, 5) is 0. The van der Waals surface area contributed by atoms with E-state index in [1.54, 1.807) is 0 Å². The third kappa shape index (κ3) is 28.7. The first-order chi connectivity index (χ1) is 18.1. The van der Waals surface area contributed by atoms with Gasteiger partial charge >= 0.3 is 0 Å². The molecule has 0 amide bonds. The van der Waals surface area contributed by atoms with Gasteiger partial charge in [-0.25, -0.2) is 0 Å². The third-order valence-corrected chi connectivity index (χ3v) is 8.64. The molecule has 0 aromatic heterocycles. The Bertz CT molecular complexity index is 421. The van der Waals surface area contributed by atoms with E-state index in [1.807, 2.05) is 0 Å². The molecule has 224 valence electrons. The number of hydrogen-bond acceptors (Lipinski definition) is 1. The van der Waals surface area contributed by atoms with E-state index >= 15 is 0 Å². The highest BCUT2D eigenvalue weighted by molar-refractivity contribution is 4.61. The van der Waals surface area contributed by atoms with Gasteiger partial charge in [-0.15, -0.1) is 0 Å². The zero-order valence-corrected chi connectivity index (χ0v) is 26.7. The Morgan fingerprint density at radius 1 is 0.432 bits per heavy atom. The molecule has 0 aliphatic rings. The molecule has 1 unspecified atom stereocenters. The van der Waals surface area contributed by atoms with Crippen LogP contribution < -0.4 is 0 Å². The van der Waals surface area contributed by atoms with Crippen LogP contribution in [0.2, 0.25) is 0 Å². The SMILES string of the molecule is CCCCCCCCCCCCCCCC(CCCCCCCCCCCCCC)C[N+](C)(C)CCO. The van der Waals surface area contributed by atoms with Gasteiger partial charge in [-0.2, -0.15) is 0 Å². The van der Waals surface area contributed by atoms with Gasteiger partial charge < -0.3 is 9.59 Å². The van der Waals surface area contributed by atoms with E-state index in [9.17, 15) is 5.11 Å². The Morgan fingerprint density at radius 2 is 0.703 bits per heavy atom. The van der Waals surface area contributed by atoms with Crippen LogP contribution in [-0.4, -0.2) is 43.4 Å². The first kappa shape index (κ1) is 36.9. The summed E-state index contributed by atoms with van der Waals surface area (Å²) in [6, 6.07) is 0. The normalized spacial score (nSPS) is 12.9. The van der Waals surface area contributed by atoms with Crippen LogP contribution in [0, 0.1) is 5.92 Å². The van der Waals surface area contributed by atoms with Crippen LogP contribution >= 0.6 is 0 Å². The summed E-state index contributed by atoms with van der Waals surface area (Å²) < 4.78 is 0.984. The second-order valence-corrected chi connectivity index (χ2v) is 13.1. The lowest BCUT2D eigenvalue weighted by Crippen LogP contribution is -2.45. The Morgan fingerprint density at radius 3 is 0.973 bits per heavy atom. The number of quaternary nitrogens is 1. The van der Waals surface area contributed by atoms with Crippen LogP contribution in [0.15, 0.2) is 0 Å². The standard InChI is InChI=1S/C35H74NO/c1-5-7-9-11-13-15-17-19-21-23-25-27-29-31-35(34-36(3,4)32-33-37)30-28-26-24-22-20-18-16-14-12-10-8-6-2/h35,37H,5-34H2,1-4H3/q+1. The number of unbranched alkanes of at least 4 members (excludes halogenated alkanes) is 23. The molecule has 0 aliphatic heterocycles. The van der Waals surface area contributed by atoms with Crippen LogP contribution in [0.4, 0.5) is 0 Å². The summed E-state index contributed by atoms with van der Waals surface area (Å²) in [6.45, 7) is 7.07. The molecule has 1 atom stereocenters. The van der Waals surface area contributed by atoms with Crippen LogP contribution in [0.5, 0.6) is 0 Å². The minimum Gasteiger partial charge on any atom is -0.391 e. The van der Waals surface area contributed by atoms with Gasteiger partial charge in [0.1, 0.15) is 6.54 Å². The lowest BCUT2D eigenvalue weighted by molar-refractivity contribution is -0.894. The van der Waals surface area contributed by atoms with Crippen molar-refractivity contribution < 1.29 is 9.59 Å². The lowest BCUT2D eigenvalue weighted by Gasteiger charge is -2.33. The zero-order chi connectivity index (χ0) is 27.3. The molecule has 0 bridgehead atoms. The number of nitrogens with zero attached hydrogens (tertiary/aromatic N) is 1. The Hall–Kier alpha value is -0.0800. The summed E-state index contributed by atoms with van der Waals surface area (Å²) >= 11 is 0. The van der Waals surface area contributed by atoms with Gasteiger partial charge in [0.05, 0.1) is 27.2 Å². The highest BCUT2D eigenvalue weighted by atomic mass is 16.3. The molecule has 0 rings (SSSR count). The quantitative estimate of drug-likeness (QED) is 0.0706. The molecule has 0 aliphatic carbocycles. The van der Waals surface area contributed by atoms with Crippen molar-refractivity contribution in [3.05, 3.63) is 0 Å². The number of likely N-dealkylation sites (N-methyl/N-ethyl adjacent to an activating group) is 1. The summed E-state index contributed by atoms with van der Waals surface area (Å²) in [5.74, 6) is 0.845. The number of hydrogen-bond donors (Lipinski definition) is 1. The van der Waals surface area contributed by atoms with Crippen molar-refractivity contribution in [3.8, 4) is 0 Å². The molecule has 0 fully saturated rings. The van der Waals surface area contributed by atoms with Crippen LogP contribution in [0.3, 0.4) is 0 Å². The van der Waals surface area contributed by atoms with Gasteiger partial charge in [0.25, 0.3) is 0 Å². The first-order valence-corrected chi connectivity index (χ1v) is 17.5. The van der Waals surface area contributed by atoms with Crippen molar-refractivity contribution in [2.45, 2.75) is 187 Å². The highest BCUT2D eigenvalue weighted by Gasteiger charge is 2.21. The topological polar surface area (TPSA) is 20.2 Å². The summed E-state index contributed by atoms with van der Waals surface area (Å²) in [7, 11) is 4.63. The molecule has 0 aromatic carbocycles. The fraction of sp³-hybridized carbons (Fsp3) is 1.00. The lowest BCUT2D eigenvalue weighted by atomic mass is 9.93. The van der Waals surface area contributed by atoms with Gasteiger partial charge in [0.15, 0.2) is 0 Å². The van der Waals surface area contributed by atoms with E-state index in [0.29, 0.717) is 6.61 Å². The maximum atomic E-state index is 9.49. The van der Waals surface area contributed by atoms with E-state index in [0.717, 1.165) is 16.9 Å². The Labute approximate surface area is 236 Å². The minimum absolute atomic E-state index is 0.317. The highest BCUT2D eigenvalue weighted by Crippen LogP contribution is 2.22. The van der Waals surface area contributed by atoms with Gasteiger partial charge in [-0.05, 0) is 12.8 Å². The van der Waals surface area contributed by atoms with Crippen molar-refractivity contribution in [1.29, 1.82) is 0 Å². The predicted molar refractivity (Wildman–Crippen MR) is 168 cm³/mol. The molecule has 2 heteroatoms. The Kier molecular flexibility index (Phi) is 28.9. The van der Waals surface area contributed by atoms with Crippen molar-refractivity contribution >= 4 is 0 Å². The van der Waals surface area contributed by atoms with Crippen molar-refractivity contribution in [2.24, 2.45) is 5.92 Å². The van der Waals surface area contributed by atoms with E-state index in [1.165, 1.54) is 180 Å². The maximum Gasteiger partial charge on any atom is 0.102 e. The van der Waals surface area contributed by atoms with Crippen LogP contribution in [0.1, 0.15) is 187 Å². The number of aliphatic hydroxyl groups excluding tert-OH is 1. The monoisotopic (exact) mass is 525 g/mol. The van der Waals surface area contributed by atoms with E-state index < -0.39 is 0 Å². The maximum absolute atomic E-state index is 9.49. The van der Waals surface area contributed by atoms with E-state index in [2.05, 4.69) is 27.9 Å². The third-order valence-electron chi connectivity index (χ3n) is 8.64. The molecule has 0 spiro atoms. The smallest absolute Gasteiger partial charge is 0.102 e. The molecule has 1 N–H and O–H groups in total. The molecular weight excluding hydrogens is 450 g/mol. The average Bonchev–Trinajstić information content (AvgIpc) is 2.87. The minimum atomic E-state index is 0.317. The average molecular weight is 525 g/mol. The van der Waals surface area contributed by atoms with Gasteiger partial charge in [-0.1, -0.05) is 174 Å². The molecule has 0 radical (unpaired) electrons. The molecule has 0 aromatic rings. The Balaban J connectivity index is 3.84. The molecular formula is C35H74NO+. The van der Waals surface area contributed by atoms with Crippen LogP contribution in [0.25, 0.3) is 0 Å². The number of rotatable bonds is 31. The van der Waals surface area contributed by atoms with Crippen molar-refractivity contribution in [3.63, 3.8) is 0 Å². The fourth-order valence-corrected chi connectivity index (χ4v) is 6.11. The van der Waals surface area contributed by atoms with Crippen molar-refractivity contribution in [2.75, 3.05) is 33.8 Å². The summed E-state index contributed by atoms with van der Waals surface area (Å²) in [5.41, 5.74) is 0. The molecule has 0 saturated heterocycles. The van der Waals surface area contributed by atoms with E-state index in [4.69, 9.17) is 0 Å². The molecule has 2 nitrogen and oxygen atoms in total. The first-order valence-electron chi connectivity index (χ1n) is 17.5. The largest absolute Gasteiger partial charge is 0.391 e. The van der Waals surface area contributed by atoms with E-state index in [-0.39, 0.29) is 0 Å². The second kappa shape index (κ2) is 28.9. The molecule has 0 saturated carbocycles. The van der Waals surface area contributed by atoms with Gasteiger partial charge in [-0.3, -0.25) is 0 Å². The predicted octanol–water partition coefficient (Wildman–Crippen LogP) is 11.2. The number of aliphatic hydroxyl groups is 1. The van der Waals surface area contributed by atoms with Crippen LogP contribution in [-0.2, 0) is 0 Å². The summed E-state index contributed by atoms with van der Waals surface area (Å²) in [6.07, 6.45) is 38.8. The zero-order valence-electron chi connectivity index (χ0n) is 26.7. The summed E-state index contributed by atoms with van der Waals surface area (Å²) in [5, 5.41) is 9.49. The second-order valence-electron chi connectivity index (χ2n) is 13.1. The molecule has 37 heavy (non-hydrogen) atoms. The van der Waals surface area contributed by atoms with Gasteiger partial charge in [0.2, 0.25) is 0 Å². The fourth-order valence-electron chi connectivity index (χ4n) is 6.11. The molecule has 0 heterocycles. The van der Waals surface area contributed by atoms with Crippen molar-refractivity contribution in [1.82, 2.24) is 0 Å². The van der Waals surface area contributed by atoms with Gasteiger partial charge in [0, 0.05) is 5.92 Å².